The van der Waals surface area contributed by atoms with Crippen LogP contribution in [0.2, 0.25) is 0 Å². The van der Waals surface area contributed by atoms with Gasteiger partial charge in [0.2, 0.25) is 0 Å². The highest BCUT2D eigenvalue weighted by Gasteiger charge is 2.18. The largest absolute Gasteiger partial charge is 0.681 e. The van der Waals surface area contributed by atoms with Crippen LogP contribution in [0.4, 0.5) is 0 Å². The Morgan fingerprint density at radius 2 is 0.881 bits per heavy atom. The average Bonchev–Trinajstić information content (AvgIpc) is 3.08. The Morgan fingerprint density at radius 1 is 0.381 bits per heavy atom. The van der Waals surface area contributed by atoms with Gasteiger partial charge in [-0.05, 0) is 71.3 Å². The van der Waals surface area contributed by atoms with Gasteiger partial charge in [0.1, 0.15) is 0 Å². The van der Waals surface area contributed by atoms with E-state index in [-0.39, 0.29) is 0 Å². The second kappa shape index (κ2) is 10.2. The van der Waals surface area contributed by atoms with Crippen molar-refractivity contribution in [3.05, 3.63) is 169 Å². The fraction of sp³-hybridized carbons (Fsp3) is 0.0244. The van der Waals surface area contributed by atoms with E-state index in [4.69, 9.17) is 0 Å². The topological polar surface area (TPSA) is 14.1 Å². The summed E-state index contributed by atoms with van der Waals surface area (Å²) in [5.41, 5.74) is 9.73. The van der Waals surface area contributed by atoms with Crippen molar-refractivity contribution in [1.29, 1.82) is 0 Å². The molecule has 0 amide bonds. The van der Waals surface area contributed by atoms with Crippen LogP contribution in [0, 0.1) is 0 Å². The number of rotatable bonds is 4. The van der Waals surface area contributed by atoms with Crippen LogP contribution in [0.5, 0.6) is 0 Å². The van der Waals surface area contributed by atoms with E-state index >= 15 is 0 Å². The minimum absolute atomic E-state index is 0.741. The fourth-order valence-corrected chi connectivity index (χ4v) is 6.54. The Kier molecular flexibility index (Phi) is 5.93. The summed E-state index contributed by atoms with van der Waals surface area (Å²) in [5.74, 6) is 0. The molecule has 0 aromatic heterocycles. The van der Waals surface area contributed by atoms with Crippen molar-refractivity contribution in [2.75, 3.05) is 6.54 Å². The fourth-order valence-electron chi connectivity index (χ4n) is 6.54. The van der Waals surface area contributed by atoms with Crippen molar-refractivity contribution in [1.82, 2.24) is 0 Å². The molecule has 7 aromatic rings. The first-order valence-electron chi connectivity index (χ1n) is 14.5. The average molecular weight is 535 g/mol. The molecule has 1 aliphatic heterocycles. The van der Waals surface area contributed by atoms with Gasteiger partial charge in [0.15, 0.2) is 0 Å². The van der Waals surface area contributed by atoms with E-state index in [0.717, 1.165) is 17.8 Å². The van der Waals surface area contributed by atoms with Crippen LogP contribution in [0.15, 0.2) is 158 Å². The molecule has 1 heterocycles. The van der Waals surface area contributed by atoms with Crippen molar-refractivity contribution in [3.63, 3.8) is 0 Å². The second-order valence-electron chi connectivity index (χ2n) is 10.8. The third kappa shape index (κ3) is 4.02. The van der Waals surface area contributed by atoms with Crippen LogP contribution in [0.25, 0.3) is 76.7 Å². The summed E-state index contributed by atoms with van der Waals surface area (Å²) in [6, 6.07) is 50.8. The van der Waals surface area contributed by atoms with Gasteiger partial charge in [-0.3, -0.25) is 0 Å². The molecule has 0 atom stereocenters. The molecule has 0 aliphatic carbocycles. The maximum absolute atomic E-state index is 4.67. The van der Waals surface area contributed by atoms with Gasteiger partial charge in [0, 0.05) is 0 Å². The molecule has 1 heteroatoms. The molecule has 1 aliphatic rings. The molecule has 42 heavy (non-hydrogen) atoms. The molecular formula is C41H28N-. The highest BCUT2D eigenvalue weighted by Crippen LogP contribution is 2.46. The van der Waals surface area contributed by atoms with E-state index in [2.05, 4.69) is 163 Å². The van der Waals surface area contributed by atoms with E-state index in [1.807, 2.05) is 0 Å². The normalized spacial score (nSPS) is 12.9. The van der Waals surface area contributed by atoms with E-state index in [9.17, 15) is 0 Å². The highest BCUT2D eigenvalue weighted by atomic mass is 14.9. The molecular weight excluding hydrogens is 506 g/mol. The summed E-state index contributed by atoms with van der Waals surface area (Å²) in [6.45, 7) is 0.741. The zero-order chi connectivity index (χ0) is 27.9. The summed E-state index contributed by atoms with van der Waals surface area (Å²) < 4.78 is 0. The molecule has 8 rings (SSSR count). The Balaban J connectivity index is 1.39. The summed E-state index contributed by atoms with van der Waals surface area (Å²) in [7, 11) is 0. The minimum Gasteiger partial charge on any atom is -0.681 e. The first-order valence-corrected chi connectivity index (χ1v) is 14.5. The van der Waals surface area contributed by atoms with E-state index in [0.29, 0.717) is 0 Å². The van der Waals surface area contributed by atoms with Crippen molar-refractivity contribution < 1.29 is 0 Å². The van der Waals surface area contributed by atoms with Crippen LogP contribution >= 0.6 is 0 Å². The summed E-state index contributed by atoms with van der Waals surface area (Å²) in [6.07, 6.45) is 6.26. The first-order chi connectivity index (χ1) is 20.9. The Bertz CT molecular complexity index is 2110. The van der Waals surface area contributed by atoms with Gasteiger partial charge >= 0.3 is 0 Å². The lowest BCUT2D eigenvalue weighted by atomic mass is 9.83. The predicted octanol–water partition coefficient (Wildman–Crippen LogP) is 11.4. The second-order valence-corrected chi connectivity index (χ2v) is 10.8. The Morgan fingerprint density at radius 3 is 1.48 bits per heavy atom. The van der Waals surface area contributed by atoms with Gasteiger partial charge in [-0.25, -0.2) is 0 Å². The van der Waals surface area contributed by atoms with Crippen molar-refractivity contribution in [2.24, 2.45) is 0 Å². The zero-order valence-electron chi connectivity index (χ0n) is 23.2. The van der Waals surface area contributed by atoms with Crippen LogP contribution in [-0.4, -0.2) is 6.54 Å². The number of hydrogen-bond donors (Lipinski definition) is 0. The molecule has 0 spiro atoms. The van der Waals surface area contributed by atoms with Crippen molar-refractivity contribution in [3.8, 4) is 33.4 Å². The zero-order valence-corrected chi connectivity index (χ0v) is 23.2. The third-order valence-corrected chi connectivity index (χ3v) is 8.44. The van der Waals surface area contributed by atoms with Crippen LogP contribution in [0.3, 0.4) is 0 Å². The van der Waals surface area contributed by atoms with E-state index in [1.165, 1.54) is 65.7 Å². The molecule has 0 bridgehead atoms. The van der Waals surface area contributed by atoms with Gasteiger partial charge < -0.3 is 5.32 Å². The Labute approximate surface area is 246 Å². The molecule has 7 aromatic carbocycles. The van der Waals surface area contributed by atoms with E-state index < -0.39 is 0 Å². The van der Waals surface area contributed by atoms with Crippen molar-refractivity contribution >= 4 is 38.0 Å². The first kappa shape index (κ1) is 24.4. The summed E-state index contributed by atoms with van der Waals surface area (Å²) in [5, 5.41) is 12.3. The molecule has 0 saturated carbocycles. The van der Waals surface area contributed by atoms with Crippen LogP contribution < -0.4 is 0 Å². The maximum Gasteiger partial charge on any atom is -0.00201 e. The molecule has 0 saturated heterocycles. The molecule has 1 nitrogen and oxygen atoms in total. The number of allylic oxidation sites excluding steroid dienone is 2. The number of fused-ring (bicyclic) bond motifs is 3. The Hall–Kier alpha value is -5.40. The predicted molar refractivity (Wildman–Crippen MR) is 181 cm³/mol. The standard InChI is InChI=1S/C41H28N/c1-2-12-28(13-3-1)31-25-26-38(33-15-5-4-14-32(31)33)41-36-18-8-6-16-34(36)40(35-17-7-9-19-37(35)41)30-23-21-29(22-24-30)39-20-10-11-27-42-39/h1-26H,27H2/q-1. The van der Waals surface area contributed by atoms with Gasteiger partial charge in [-0.15, -0.1) is 18.3 Å². The molecule has 0 unspecified atom stereocenters. The van der Waals surface area contributed by atoms with Gasteiger partial charge in [0.05, 0.1) is 0 Å². The van der Waals surface area contributed by atoms with Gasteiger partial charge in [0.25, 0.3) is 0 Å². The van der Waals surface area contributed by atoms with Gasteiger partial charge in [-0.1, -0.05) is 152 Å². The number of hydrogen-bond acceptors (Lipinski definition) is 0. The minimum atomic E-state index is 0.741. The molecule has 0 N–H and O–H groups in total. The summed E-state index contributed by atoms with van der Waals surface area (Å²) in [4.78, 5) is 0. The summed E-state index contributed by atoms with van der Waals surface area (Å²) >= 11 is 0. The molecule has 0 radical (unpaired) electrons. The number of benzene rings is 7. The highest BCUT2D eigenvalue weighted by molar-refractivity contribution is 6.24. The lowest BCUT2D eigenvalue weighted by Gasteiger charge is -2.26. The van der Waals surface area contributed by atoms with Gasteiger partial charge in [-0.2, -0.15) is 0 Å². The van der Waals surface area contributed by atoms with Crippen LogP contribution in [-0.2, 0) is 0 Å². The molecule has 0 fully saturated rings. The van der Waals surface area contributed by atoms with Crippen LogP contribution in [0.1, 0.15) is 5.56 Å². The third-order valence-electron chi connectivity index (χ3n) is 8.44. The lowest BCUT2D eigenvalue weighted by Crippen LogP contribution is -1.93. The molecule has 198 valence electrons. The quantitative estimate of drug-likeness (QED) is 0.199. The van der Waals surface area contributed by atoms with Crippen molar-refractivity contribution in [2.45, 2.75) is 0 Å². The monoisotopic (exact) mass is 534 g/mol. The SMILES string of the molecule is C1=CC[N-]C(c2ccc(-c3c4ccccc4c(-c4ccc(-c5ccccc5)c5ccccc45)c4ccccc34)cc2)=C1. The maximum atomic E-state index is 4.67. The smallest absolute Gasteiger partial charge is 0.00201 e. The lowest BCUT2D eigenvalue weighted by molar-refractivity contribution is 1.40. The van der Waals surface area contributed by atoms with E-state index in [1.54, 1.807) is 0 Å². The number of nitrogens with zero attached hydrogens (tertiary/aromatic N) is 1.